The number of nitrogens with one attached hydrogen (secondary N) is 1. The van der Waals surface area contributed by atoms with Gasteiger partial charge in [-0.3, -0.25) is 14.5 Å². The monoisotopic (exact) mass is 569 g/mol. The van der Waals surface area contributed by atoms with E-state index >= 15 is 0 Å². The molecule has 9 heteroatoms. The highest BCUT2D eigenvalue weighted by Crippen LogP contribution is 2.26. The number of hydrogen-bond acceptors (Lipinski definition) is 4. The summed E-state index contributed by atoms with van der Waals surface area (Å²) in [6.45, 7) is 0.293. The van der Waals surface area contributed by atoms with Gasteiger partial charge in [-0.05, 0) is 40.5 Å². The van der Waals surface area contributed by atoms with Crippen LogP contribution in [0.2, 0.25) is 5.02 Å². The van der Waals surface area contributed by atoms with Gasteiger partial charge in [-0.1, -0.05) is 82.1 Å². The van der Waals surface area contributed by atoms with Crippen LogP contribution in [0.3, 0.4) is 0 Å². The maximum absolute atomic E-state index is 13.4. The Balaban J connectivity index is 1.53. The molecule has 3 N–H and O–H groups in total. The summed E-state index contributed by atoms with van der Waals surface area (Å²) in [7, 11) is 0. The van der Waals surface area contributed by atoms with Gasteiger partial charge in [-0.25, -0.2) is 4.79 Å². The summed E-state index contributed by atoms with van der Waals surface area (Å²) in [5, 5.41) is 3.24. The van der Waals surface area contributed by atoms with Gasteiger partial charge < -0.3 is 15.8 Å². The van der Waals surface area contributed by atoms with Crippen molar-refractivity contribution in [3.05, 3.63) is 105 Å². The molecular weight excluding hydrogens is 546 g/mol. The molecule has 186 valence electrons. The number of amides is 3. The second-order valence-corrected chi connectivity index (χ2v) is 9.85. The van der Waals surface area contributed by atoms with E-state index in [1.807, 2.05) is 54.6 Å². The number of hydrogen-bond donors (Lipinski definition) is 2. The van der Waals surface area contributed by atoms with Gasteiger partial charge in [0.25, 0.3) is 0 Å². The van der Waals surface area contributed by atoms with Crippen molar-refractivity contribution in [2.45, 2.75) is 38.1 Å². The molecule has 0 bridgehead atoms. The van der Waals surface area contributed by atoms with Crippen LogP contribution in [0.25, 0.3) is 0 Å². The number of carbonyl (C=O) groups excluding carboxylic acids is 3. The predicted octanol–water partition coefficient (Wildman–Crippen LogP) is 4.38. The SMILES string of the molecule is NC(=O)[C@H](Cc1cc(Cl)ccc1Br)NC(=O)[C@@H]1Cc2ccccc2CN1C(=O)OCc1ccccc1. The van der Waals surface area contributed by atoms with Crippen molar-refractivity contribution < 1.29 is 19.1 Å². The first-order chi connectivity index (χ1) is 17.3. The molecule has 1 aliphatic heterocycles. The average molecular weight is 571 g/mol. The Bertz CT molecular complexity index is 1270. The van der Waals surface area contributed by atoms with Crippen LogP contribution >= 0.6 is 27.5 Å². The number of ether oxygens (including phenoxy) is 1. The lowest BCUT2D eigenvalue weighted by molar-refractivity contribution is -0.131. The van der Waals surface area contributed by atoms with Crippen LogP contribution in [-0.4, -0.2) is 34.9 Å². The number of carbonyl (C=O) groups is 3. The van der Waals surface area contributed by atoms with Crippen LogP contribution < -0.4 is 11.1 Å². The minimum atomic E-state index is -0.994. The fourth-order valence-electron chi connectivity index (χ4n) is 4.16. The molecule has 0 aromatic heterocycles. The Morgan fingerprint density at radius 3 is 2.47 bits per heavy atom. The summed E-state index contributed by atoms with van der Waals surface area (Å²) in [5.74, 6) is -1.17. The smallest absolute Gasteiger partial charge is 0.411 e. The van der Waals surface area contributed by atoms with Crippen LogP contribution in [0.4, 0.5) is 4.79 Å². The predicted molar refractivity (Wildman–Crippen MR) is 140 cm³/mol. The fourth-order valence-corrected chi connectivity index (χ4v) is 4.76. The van der Waals surface area contributed by atoms with E-state index in [2.05, 4.69) is 21.2 Å². The summed E-state index contributed by atoms with van der Waals surface area (Å²) >= 11 is 9.54. The molecule has 3 aromatic carbocycles. The molecule has 0 aliphatic carbocycles. The molecule has 7 nitrogen and oxygen atoms in total. The maximum Gasteiger partial charge on any atom is 0.411 e. The normalized spacial score (nSPS) is 15.5. The van der Waals surface area contributed by atoms with E-state index in [0.717, 1.165) is 26.7 Å². The molecule has 4 rings (SSSR count). The van der Waals surface area contributed by atoms with Gasteiger partial charge in [-0.15, -0.1) is 0 Å². The summed E-state index contributed by atoms with van der Waals surface area (Å²) in [6.07, 6.45) is -0.180. The maximum atomic E-state index is 13.4. The molecule has 1 heterocycles. The van der Waals surface area contributed by atoms with Gasteiger partial charge in [-0.2, -0.15) is 0 Å². The summed E-state index contributed by atoms with van der Waals surface area (Å²) < 4.78 is 6.28. The molecule has 0 fully saturated rings. The zero-order valence-corrected chi connectivity index (χ0v) is 21.7. The number of fused-ring (bicyclic) bond motifs is 1. The third-order valence-electron chi connectivity index (χ3n) is 6.08. The Labute approximate surface area is 222 Å². The van der Waals surface area contributed by atoms with Crippen molar-refractivity contribution >= 4 is 45.4 Å². The van der Waals surface area contributed by atoms with Gasteiger partial charge in [0.05, 0.1) is 6.54 Å². The zero-order valence-electron chi connectivity index (χ0n) is 19.3. The number of nitrogens with two attached hydrogens (primary N) is 1. The first-order valence-electron chi connectivity index (χ1n) is 11.4. The molecule has 0 saturated heterocycles. The Hall–Kier alpha value is -3.36. The second-order valence-electron chi connectivity index (χ2n) is 8.56. The zero-order chi connectivity index (χ0) is 25.7. The summed E-state index contributed by atoms with van der Waals surface area (Å²) in [4.78, 5) is 40.2. The molecule has 36 heavy (non-hydrogen) atoms. The van der Waals surface area contributed by atoms with E-state index in [0.29, 0.717) is 5.02 Å². The molecule has 3 amide bonds. The number of nitrogens with zero attached hydrogens (tertiary/aromatic N) is 1. The molecular formula is C27H25BrClN3O4. The average Bonchev–Trinajstić information content (AvgIpc) is 2.88. The van der Waals surface area contributed by atoms with E-state index in [1.54, 1.807) is 18.2 Å². The summed E-state index contributed by atoms with van der Waals surface area (Å²) in [6, 6.07) is 20.3. The third-order valence-corrected chi connectivity index (χ3v) is 7.09. The molecule has 3 aromatic rings. The fraction of sp³-hybridized carbons (Fsp3) is 0.222. The minimum absolute atomic E-state index is 0.0822. The largest absolute Gasteiger partial charge is 0.445 e. The van der Waals surface area contributed by atoms with E-state index in [4.69, 9.17) is 22.1 Å². The lowest BCUT2D eigenvalue weighted by Gasteiger charge is -2.35. The highest BCUT2D eigenvalue weighted by Gasteiger charge is 2.37. The third kappa shape index (κ3) is 6.25. The van der Waals surface area contributed by atoms with E-state index in [-0.39, 0.29) is 26.0 Å². The van der Waals surface area contributed by atoms with Crippen molar-refractivity contribution in [3.8, 4) is 0 Å². The highest BCUT2D eigenvalue weighted by molar-refractivity contribution is 9.10. The van der Waals surface area contributed by atoms with Crippen molar-refractivity contribution in [2.75, 3.05) is 0 Å². The summed E-state index contributed by atoms with van der Waals surface area (Å²) in [5.41, 5.74) is 9.08. The molecule has 0 spiro atoms. The van der Waals surface area contributed by atoms with E-state index in [9.17, 15) is 14.4 Å². The standard InChI is InChI=1S/C27H25BrClN3O4/c28-22-11-10-21(29)12-20(22)13-23(25(30)33)31-26(34)24-14-18-8-4-5-9-19(18)15-32(24)27(35)36-16-17-6-2-1-3-7-17/h1-12,23-24H,13-16H2,(H2,30,33)(H,31,34)/t23-,24-/m0/s1. The van der Waals surface area contributed by atoms with E-state index < -0.39 is 30.0 Å². The van der Waals surface area contributed by atoms with Crippen LogP contribution in [0.15, 0.2) is 77.3 Å². The number of primary amides is 1. The van der Waals surface area contributed by atoms with E-state index in [1.165, 1.54) is 4.90 Å². The van der Waals surface area contributed by atoms with Crippen LogP contribution in [-0.2, 0) is 40.3 Å². The molecule has 0 unspecified atom stereocenters. The van der Waals surface area contributed by atoms with Crippen LogP contribution in [0.1, 0.15) is 22.3 Å². The number of benzene rings is 3. The van der Waals surface area contributed by atoms with Gasteiger partial charge in [0, 0.05) is 22.3 Å². The Morgan fingerprint density at radius 2 is 1.75 bits per heavy atom. The van der Waals surface area contributed by atoms with Crippen LogP contribution in [0, 0.1) is 0 Å². The molecule has 1 aliphatic rings. The van der Waals surface area contributed by atoms with Crippen LogP contribution in [0.5, 0.6) is 0 Å². The minimum Gasteiger partial charge on any atom is -0.445 e. The lowest BCUT2D eigenvalue weighted by atomic mass is 9.93. The first-order valence-corrected chi connectivity index (χ1v) is 12.6. The first kappa shape index (κ1) is 25.7. The van der Waals surface area contributed by atoms with Crippen molar-refractivity contribution in [3.63, 3.8) is 0 Å². The van der Waals surface area contributed by atoms with Gasteiger partial charge in [0.1, 0.15) is 18.7 Å². The number of halogens is 2. The molecule has 0 saturated carbocycles. The number of rotatable bonds is 7. The molecule has 2 atom stereocenters. The van der Waals surface area contributed by atoms with Gasteiger partial charge in [0.15, 0.2) is 0 Å². The highest BCUT2D eigenvalue weighted by atomic mass is 79.9. The van der Waals surface area contributed by atoms with Crippen molar-refractivity contribution in [2.24, 2.45) is 5.73 Å². The second kappa shape index (κ2) is 11.6. The Kier molecular flexibility index (Phi) is 8.28. The Morgan fingerprint density at radius 1 is 1.06 bits per heavy atom. The topological polar surface area (TPSA) is 102 Å². The molecule has 0 radical (unpaired) electrons. The van der Waals surface area contributed by atoms with Crippen molar-refractivity contribution in [1.82, 2.24) is 10.2 Å². The van der Waals surface area contributed by atoms with Gasteiger partial charge >= 0.3 is 6.09 Å². The van der Waals surface area contributed by atoms with Gasteiger partial charge in [0.2, 0.25) is 11.8 Å². The van der Waals surface area contributed by atoms with Crippen molar-refractivity contribution in [1.29, 1.82) is 0 Å². The quantitative estimate of drug-likeness (QED) is 0.440. The lowest BCUT2D eigenvalue weighted by Crippen LogP contribution is -2.56.